The first-order valence-electron chi connectivity index (χ1n) is 7.10. The Morgan fingerprint density at radius 2 is 1.43 bits per heavy atom. The van der Waals surface area contributed by atoms with Crippen LogP contribution in [-0.2, 0) is 0 Å². The molecule has 0 fully saturated rings. The average molecular weight is 289 g/mol. The molecule has 114 valence electrons. The van der Waals surface area contributed by atoms with Crippen molar-refractivity contribution in [3.63, 3.8) is 0 Å². The largest absolute Gasteiger partial charge is 0.397 e. The zero-order valence-electron chi connectivity index (χ0n) is 13.1. The molecule has 0 heterocycles. The first-order valence-corrected chi connectivity index (χ1v) is 7.10. The number of benzene rings is 2. The second-order valence-electron chi connectivity index (χ2n) is 3.62. The molecule has 0 atom stereocenters. The number of nitrogens with two attached hydrogens (primary N) is 2. The van der Waals surface area contributed by atoms with E-state index < -0.39 is 0 Å². The quantitative estimate of drug-likeness (QED) is 0.616. The monoisotopic (exact) mass is 289 g/mol. The van der Waals surface area contributed by atoms with Crippen LogP contribution in [0.3, 0.4) is 0 Å². The fraction of sp³-hybridized carbons (Fsp3) is 0.235. The molecule has 0 aromatic heterocycles. The highest BCUT2D eigenvalue weighted by molar-refractivity contribution is 5.82. The van der Waals surface area contributed by atoms with Crippen LogP contribution in [-0.4, -0.2) is 6.21 Å². The van der Waals surface area contributed by atoms with Crippen LogP contribution in [0.5, 0.6) is 0 Å². The summed E-state index contributed by atoms with van der Waals surface area (Å²) in [6, 6.07) is 11.2. The summed E-state index contributed by atoms with van der Waals surface area (Å²) in [6.45, 7) is 8.00. The number of nitrogen functional groups attached to an aromatic ring is 2. The molecule has 3 nitrogen and oxygen atoms in total. The van der Waals surface area contributed by atoms with E-state index in [1.807, 2.05) is 27.7 Å². The number of rotatable bonds is 2. The van der Waals surface area contributed by atoms with Gasteiger partial charge in [0.2, 0.25) is 0 Å². The smallest absolute Gasteiger partial charge is 0.123 e. The SMILES string of the molecule is CC.CC.Nc1ccc(N=Cc2ccc(F)cc2)cc1N. The number of nitrogens with zero attached hydrogens (tertiary/aromatic N) is 1. The summed E-state index contributed by atoms with van der Waals surface area (Å²) in [4.78, 5) is 4.23. The van der Waals surface area contributed by atoms with Gasteiger partial charge in [0.25, 0.3) is 0 Å². The predicted molar refractivity (Wildman–Crippen MR) is 91.6 cm³/mol. The Bertz CT molecular complexity index is 548. The molecule has 2 aromatic rings. The van der Waals surface area contributed by atoms with Crippen molar-refractivity contribution in [1.29, 1.82) is 0 Å². The lowest BCUT2D eigenvalue weighted by Crippen LogP contribution is -1.92. The van der Waals surface area contributed by atoms with Crippen molar-refractivity contribution in [3.8, 4) is 0 Å². The fourth-order valence-electron chi connectivity index (χ4n) is 1.34. The summed E-state index contributed by atoms with van der Waals surface area (Å²) in [5.74, 6) is -0.265. The summed E-state index contributed by atoms with van der Waals surface area (Å²) in [6.07, 6.45) is 1.64. The Kier molecular flexibility index (Phi) is 9.26. The molecule has 0 unspecified atom stereocenters. The molecule has 0 saturated heterocycles. The number of hydrogen-bond donors (Lipinski definition) is 2. The van der Waals surface area contributed by atoms with Gasteiger partial charge < -0.3 is 11.5 Å². The molecule has 2 aromatic carbocycles. The highest BCUT2D eigenvalue weighted by Gasteiger charge is 1.95. The number of anilines is 2. The minimum atomic E-state index is -0.265. The van der Waals surface area contributed by atoms with Gasteiger partial charge in [0.15, 0.2) is 0 Å². The van der Waals surface area contributed by atoms with Crippen molar-refractivity contribution in [2.45, 2.75) is 27.7 Å². The van der Waals surface area contributed by atoms with Gasteiger partial charge in [0, 0.05) is 6.21 Å². The maximum Gasteiger partial charge on any atom is 0.123 e. The maximum atomic E-state index is 12.7. The number of aliphatic imine (C=N–C) groups is 1. The van der Waals surface area contributed by atoms with E-state index in [1.54, 1.807) is 36.5 Å². The average Bonchev–Trinajstić information content (AvgIpc) is 2.54. The standard InChI is InChI=1S/C13H12FN3.2C2H6/c14-10-3-1-9(2-4-10)8-17-11-5-6-12(15)13(16)7-11;2*1-2/h1-8H,15-16H2;2*1-2H3. The lowest BCUT2D eigenvalue weighted by molar-refractivity contribution is 0.628. The van der Waals surface area contributed by atoms with Crippen molar-refractivity contribution in [1.82, 2.24) is 0 Å². The third kappa shape index (κ3) is 6.56. The molecule has 0 amide bonds. The van der Waals surface area contributed by atoms with Gasteiger partial charge in [-0.2, -0.15) is 0 Å². The van der Waals surface area contributed by atoms with Crippen LogP contribution in [0.25, 0.3) is 0 Å². The number of hydrogen-bond acceptors (Lipinski definition) is 3. The van der Waals surface area contributed by atoms with E-state index >= 15 is 0 Å². The molecule has 21 heavy (non-hydrogen) atoms. The van der Waals surface area contributed by atoms with E-state index in [9.17, 15) is 4.39 Å². The molecule has 0 aliphatic heterocycles. The second-order valence-corrected chi connectivity index (χ2v) is 3.62. The van der Waals surface area contributed by atoms with Crippen LogP contribution in [0.1, 0.15) is 33.3 Å². The molecule has 0 aliphatic carbocycles. The van der Waals surface area contributed by atoms with E-state index in [1.165, 1.54) is 12.1 Å². The van der Waals surface area contributed by atoms with Crippen molar-refractivity contribution in [3.05, 3.63) is 53.8 Å². The third-order valence-electron chi connectivity index (χ3n) is 2.30. The van der Waals surface area contributed by atoms with E-state index in [0.29, 0.717) is 17.1 Å². The zero-order chi connectivity index (χ0) is 16.3. The van der Waals surface area contributed by atoms with Gasteiger partial charge >= 0.3 is 0 Å². The summed E-state index contributed by atoms with van der Waals surface area (Å²) in [7, 11) is 0. The Hall–Kier alpha value is -2.36. The first-order chi connectivity index (χ1) is 10.1. The molecule has 4 N–H and O–H groups in total. The highest BCUT2D eigenvalue weighted by atomic mass is 19.1. The van der Waals surface area contributed by atoms with Gasteiger partial charge in [-0.25, -0.2) is 4.39 Å². The molecular weight excluding hydrogens is 265 g/mol. The minimum Gasteiger partial charge on any atom is -0.397 e. The van der Waals surface area contributed by atoms with Gasteiger partial charge in [-0.1, -0.05) is 39.8 Å². The normalized spacial score (nSPS) is 9.38. The van der Waals surface area contributed by atoms with Gasteiger partial charge in [-0.3, -0.25) is 4.99 Å². The summed E-state index contributed by atoms with van der Waals surface area (Å²) in [5.41, 5.74) is 13.8. The van der Waals surface area contributed by atoms with Gasteiger partial charge in [-0.15, -0.1) is 0 Å². The van der Waals surface area contributed by atoms with E-state index in [4.69, 9.17) is 11.5 Å². The molecular formula is C17H24FN3. The summed E-state index contributed by atoms with van der Waals surface area (Å²) >= 11 is 0. The van der Waals surface area contributed by atoms with Crippen LogP contribution < -0.4 is 11.5 Å². The molecule has 0 saturated carbocycles. The van der Waals surface area contributed by atoms with E-state index in [2.05, 4.69) is 4.99 Å². The predicted octanol–water partition coefficient (Wildman–Crippen LogP) is 4.79. The number of halogens is 1. The maximum absolute atomic E-state index is 12.7. The van der Waals surface area contributed by atoms with Crippen molar-refractivity contribution < 1.29 is 4.39 Å². The van der Waals surface area contributed by atoms with Gasteiger partial charge in [0.1, 0.15) is 5.82 Å². The van der Waals surface area contributed by atoms with Crippen LogP contribution >= 0.6 is 0 Å². The van der Waals surface area contributed by atoms with Crippen LogP contribution in [0.2, 0.25) is 0 Å². The Labute approximate surface area is 126 Å². The summed E-state index contributed by atoms with van der Waals surface area (Å²) < 4.78 is 12.7. The molecule has 4 heteroatoms. The Morgan fingerprint density at radius 3 is 1.95 bits per heavy atom. The van der Waals surface area contributed by atoms with Crippen molar-refractivity contribution >= 4 is 23.3 Å². The molecule has 0 bridgehead atoms. The van der Waals surface area contributed by atoms with Crippen LogP contribution in [0.15, 0.2) is 47.5 Å². The molecule has 0 spiro atoms. The van der Waals surface area contributed by atoms with Gasteiger partial charge in [-0.05, 0) is 35.9 Å². The zero-order valence-corrected chi connectivity index (χ0v) is 13.1. The van der Waals surface area contributed by atoms with Crippen LogP contribution in [0, 0.1) is 5.82 Å². The van der Waals surface area contributed by atoms with Crippen molar-refractivity contribution in [2.75, 3.05) is 11.5 Å². The second kappa shape index (κ2) is 10.4. The molecule has 0 aliphatic rings. The highest BCUT2D eigenvalue weighted by Crippen LogP contribution is 2.21. The Morgan fingerprint density at radius 1 is 0.857 bits per heavy atom. The van der Waals surface area contributed by atoms with E-state index in [-0.39, 0.29) is 5.82 Å². The lowest BCUT2D eigenvalue weighted by Gasteiger charge is -2.00. The Balaban J connectivity index is 0.000000921. The molecule has 0 radical (unpaired) electrons. The molecule has 2 rings (SSSR count). The van der Waals surface area contributed by atoms with Crippen LogP contribution in [0.4, 0.5) is 21.5 Å². The van der Waals surface area contributed by atoms with Gasteiger partial charge in [0.05, 0.1) is 17.1 Å². The lowest BCUT2D eigenvalue weighted by atomic mass is 10.2. The first kappa shape index (κ1) is 18.6. The van der Waals surface area contributed by atoms with Crippen molar-refractivity contribution in [2.24, 2.45) is 4.99 Å². The summed E-state index contributed by atoms with van der Waals surface area (Å²) in [5, 5.41) is 0. The topological polar surface area (TPSA) is 64.4 Å². The third-order valence-corrected chi connectivity index (χ3v) is 2.30. The fourth-order valence-corrected chi connectivity index (χ4v) is 1.34. The van der Waals surface area contributed by atoms with E-state index in [0.717, 1.165) is 5.56 Å². The minimum absolute atomic E-state index is 0.265.